The lowest BCUT2D eigenvalue weighted by Gasteiger charge is -2.59. The fourth-order valence-electron chi connectivity index (χ4n) is 7.87. The van der Waals surface area contributed by atoms with Gasteiger partial charge in [0.2, 0.25) is 0 Å². The number of allylic oxidation sites excluding steroid dienone is 1. The zero-order valence-electron chi connectivity index (χ0n) is 16.4. The highest BCUT2D eigenvalue weighted by molar-refractivity contribution is 5.26. The van der Waals surface area contributed by atoms with Gasteiger partial charge in [0.1, 0.15) is 0 Å². The molecule has 4 aliphatic carbocycles. The lowest BCUT2D eigenvalue weighted by Crippen LogP contribution is -2.58. The third-order valence-electron chi connectivity index (χ3n) is 9.30. The van der Waals surface area contributed by atoms with Crippen LogP contribution in [-0.4, -0.2) is 35.1 Å². The van der Waals surface area contributed by atoms with E-state index >= 15 is 0 Å². The van der Waals surface area contributed by atoms with Gasteiger partial charge in [-0.25, -0.2) is 0 Å². The number of ether oxygens (including phenoxy) is 1. The molecule has 3 saturated carbocycles. The van der Waals surface area contributed by atoms with Gasteiger partial charge < -0.3 is 14.9 Å². The molecule has 0 saturated heterocycles. The van der Waals surface area contributed by atoms with E-state index in [1.165, 1.54) is 18.4 Å². The first kappa shape index (κ1) is 18.0. The van der Waals surface area contributed by atoms with Gasteiger partial charge in [-0.05, 0) is 81.5 Å². The minimum Gasteiger partial charge on any atom is -0.393 e. The van der Waals surface area contributed by atoms with Crippen LogP contribution in [0.1, 0.15) is 72.1 Å². The highest BCUT2D eigenvalue weighted by Gasteiger charge is 2.65. The first-order valence-corrected chi connectivity index (χ1v) is 10.4. The molecule has 0 bridgehead atoms. The molecule has 0 radical (unpaired) electrons. The summed E-state index contributed by atoms with van der Waals surface area (Å²) in [6, 6.07) is 0. The van der Waals surface area contributed by atoms with Crippen LogP contribution in [0.2, 0.25) is 0 Å². The summed E-state index contributed by atoms with van der Waals surface area (Å²) in [7, 11) is 1.80. The fourth-order valence-corrected chi connectivity index (χ4v) is 7.87. The summed E-state index contributed by atoms with van der Waals surface area (Å²) in [4.78, 5) is 0. The van der Waals surface area contributed by atoms with Crippen molar-refractivity contribution in [2.24, 2.45) is 28.6 Å². The molecule has 4 rings (SSSR count). The Morgan fingerprint density at radius 2 is 1.84 bits per heavy atom. The van der Waals surface area contributed by atoms with Gasteiger partial charge in [0.15, 0.2) is 0 Å². The quantitative estimate of drug-likeness (QED) is 0.740. The SMILES string of the molecule is COC1(C(C)O)CCC2C3CC=C4CC(O)CCC4(C)C3CCC21C. The molecule has 8 atom stereocenters. The van der Waals surface area contributed by atoms with E-state index in [1.54, 1.807) is 7.11 Å². The number of aliphatic hydroxyl groups is 2. The second-order valence-corrected chi connectivity index (χ2v) is 9.92. The van der Waals surface area contributed by atoms with Crippen LogP contribution < -0.4 is 0 Å². The Kier molecular flexibility index (Phi) is 4.18. The van der Waals surface area contributed by atoms with Gasteiger partial charge in [0.05, 0.1) is 17.8 Å². The van der Waals surface area contributed by atoms with E-state index in [-0.39, 0.29) is 22.5 Å². The van der Waals surface area contributed by atoms with Crippen LogP contribution in [0.15, 0.2) is 11.6 Å². The Hall–Kier alpha value is -0.380. The molecule has 3 fully saturated rings. The van der Waals surface area contributed by atoms with Crippen molar-refractivity contribution < 1.29 is 14.9 Å². The van der Waals surface area contributed by atoms with Crippen molar-refractivity contribution in [2.45, 2.75) is 89.9 Å². The van der Waals surface area contributed by atoms with Crippen LogP contribution >= 0.6 is 0 Å². The van der Waals surface area contributed by atoms with Gasteiger partial charge in [-0.2, -0.15) is 0 Å². The smallest absolute Gasteiger partial charge is 0.0989 e. The van der Waals surface area contributed by atoms with Crippen LogP contribution in [0.4, 0.5) is 0 Å². The summed E-state index contributed by atoms with van der Waals surface area (Å²) in [6.45, 7) is 6.78. The van der Waals surface area contributed by atoms with Crippen LogP contribution in [0, 0.1) is 28.6 Å². The molecule has 0 aromatic carbocycles. The minimum absolute atomic E-state index is 0.0764. The fraction of sp³-hybridized carbons (Fsp3) is 0.909. The molecule has 142 valence electrons. The average molecular weight is 349 g/mol. The number of hydrogen-bond acceptors (Lipinski definition) is 3. The molecular formula is C22H36O3. The topological polar surface area (TPSA) is 49.7 Å². The molecule has 8 unspecified atom stereocenters. The van der Waals surface area contributed by atoms with E-state index in [0.29, 0.717) is 11.8 Å². The molecule has 0 aliphatic heterocycles. The first-order valence-electron chi connectivity index (χ1n) is 10.4. The van der Waals surface area contributed by atoms with Gasteiger partial charge in [-0.3, -0.25) is 0 Å². The molecule has 3 nitrogen and oxygen atoms in total. The Balaban J connectivity index is 1.69. The molecule has 2 N–H and O–H groups in total. The largest absolute Gasteiger partial charge is 0.393 e. The Morgan fingerprint density at radius 3 is 2.52 bits per heavy atom. The van der Waals surface area contributed by atoms with Crippen LogP contribution in [-0.2, 0) is 4.74 Å². The lowest BCUT2D eigenvalue weighted by atomic mass is 9.46. The monoisotopic (exact) mass is 348 g/mol. The van der Waals surface area contributed by atoms with Crippen LogP contribution in [0.25, 0.3) is 0 Å². The zero-order valence-corrected chi connectivity index (χ0v) is 16.4. The molecule has 25 heavy (non-hydrogen) atoms. The van der Waals surface area contributed by atoms with Crippen molar-refractivity contribution in [3.05, 3.63) is 11.6 Å². The number of fused-ring (bicyclic) bond motifs is 5. The van der Waals surface area contributed by atoms with Crippen molar-refractivity contribution in [2.75, 3.05) is 7.11 Å². The Labute approximate surface area is 152 Å². The van der Waals surface area contributed by atoms with E-state index in [2.05, 4.69) is 19.9 Å². The average Bonchev–Trinajstić information content (AvgIpc) is 2.89. The molecule has 0 spiro atoms. The molecule has 4 aliphatic rings. The highest BCUT2D eigenvalue weighted by Crippen LogP contribution is 2.68. The van der Waals surface area contributed by atoms with Gasteiger partial charge in [0.25, 0.3) is 0 Å². The number of aliphatic hydroxyl groups excluding tert-OH is 2. The van der Waals surface area contributed by atoms with E-state index in [9.17, 15) is 10.2 Å². The summed E-state index contributed by atoms with van der Waals surface area (Å²) in [6.07, 6.45) is 10.6. The maximum atomic E-state index is 10.6. The summed E-state index contributed by atoms with van der Waals surface area (Å²) >= 11 is 0. The Morgan fingerprint density at radius 1 is 1.12 bits per heavy atom. The number of methoxy groups -OCH3 is 1. The van der Waals surface area contributed by atoms with E-state index < -0.39 is 6.10 Å². The molecule has 3 heteroatoms. The van der Waals surface area contributed by atoms with E-state index in [0.717, 1.165) is 44.4 Å². The highest BCUT2D eigenvalue weighted by atomic mass is 16.5. The zero-order chi connectivity index (χ0) is 18.0. The van der Waals surface area contributed by atoms with Crippen molar-refractivity contribution >= 4 is 0 Å². The summed E-state index contributed by atoms with van der Waals surface area (Å²) in [5.41, 5.74) is 1.51. The van der Waals surface area contributed by atoms with Crippen molar-refractivity contribution in [1.82, 2.24) is 0 Å². The second-order valence-electron chi connectivity index (χ2n) is 9.92. The third-order valence-corrected chi connectivity index (χ3v) is 9.30. The predicted octanol–water partition coefficient (Wildman–Crippen LogP) is 4.08. The van der Waals surface area contributed by atoms with Gasteiger partial charge in [-0.15, -0.1) is 0 Å². The normalized spacial score (nSPS) is 53.4. The molecule has 0 amide bonds. The Bertz CT molecular complexity index is 570. The van der Waals surface area contributed by atoms with Gasteiger partial charge >= 0.3 is 0 Å². The van der Waals surface area contributed by atoms with E-state index in [1.807, 2.05) is 6.92 Å². The second kappa shape index (κ2) is 5.81. The lowest BCUT2D eigenvalue weighted by molar-refractivity contribution is -0.187. The van der Waals surface area contributed by atoms with Crippen LogP contribution in [0.3, 0.4) is 0 Å². The van der Waals surface area contributed by atoms with E-state index in [4.69, 9.17) is 4.74 Å². The van der Waals surface area contributed by atoms with Crippen molar-refractivity contribution in [1.29, 1.82) is 0 Å². The molecule has 0 heterocycles. The molecular weight excluding hydrogens is 312 g/mol. The standard InChI is InChI=1S/C22H36O3/c1-14(23)22(25-4)12-9-19-17-6-5-15-13-16(24)7-10-20(15,2)18(17)8-11-21(19,22)3/h5,14,16-19,23-24H,6-13H2,1-4H3. The maximum Gasteiger partial charge on any atom is 0.0989 e. The number of hydrogen-bond donors (Lipinski definition) is 2. The number of rotatable bonds is 2. The first-order chi connectivity index (χ1) is 11.8. The van der Waals surface area contributed by atoms with Gasteiger partial charge in [0, 0.05) is 12.5 Å². The third kappa shape index (κ3) is 2.21. The summed E-state index contributed by atoms with van der Waals surface area (Å²) in [5.74, 6) is 2.08. The van der Waals surface area contributed by atoms with Crippen LogP contribution in [0.5, 0.6) is 0 Å². The van der Waals surface area contributed by atoms with Crippen molar-refractivity contribution in [3.8, 4) is 0 Å². The van der Waals surface area contributed by atoms with Gasteiger partial charge in [-0.1, -0.05) is 25.5 Å². The molecule has 0 aromatic heterocycles. The van der Waals surface area contributed by atoms with Crippen molar-refractivity contribution in [3.63, 3.8) is 0 Å². The summed E-state index contributed by atoms with van der Waals surface area (Å²) in [5, 5.41) is 20.7. The molecule has 0 aromatic rings. The summed E-state index contributed by atoms with van der Waals surface area (Å²) < 4.78 is 6.06. The minimum atomic E-state index is -0.417. The predicted molar refractivity (Wildman–Crippen MR) is 99.1 cm³/mol. The maximum absolute atomic E-state index is 10.6.